The Hall–Kier alpha value is -4.14. The third-order valence-corrected chi connectivity index (χ3v) is 4.49. The van der Waals surface area contributed by atoms with Gasteiger partial charge < -0.3 is 19.6 Å². The van der Waals surface area contributed by atoms with Crippen molar-refractivity contribution < 1.29 is 19.4 Å². The van der Waals surface area contributed by atoms with E-state index in [0.717, 1.165) is 4.68 Å². The predicted octanol–water partition coefficient (Wildman–Crippen LogP) is 2.16. The van der Waals surface area contributed by atoms with Crippen LogP contribution in [0.15, 0.2) is 63.7 Å². The fraction of sp³-hybridized carbons (Fsp3) is 0.182. The molecule has 0 saturated carbocycles. The minimum Gasteiger partial charge on any atom is -0.493 e. The van der Waals surface area contributed by atoms with Crippen LogP contribution in [0.4, 0.5) is 0 Å². The highest BCUT2D eigenvalue weighted by Gasteiger charge is 2.19. The van der Waals surface area contributed by atoms with Crippen LogP contribution in [0.3, 0.4) is 0 Å². The van der Waals surface area contributed by atoms with Crippen molar-refractivity contribution in [3.05, 3.63) is 81.0 Å². The quantitative estimate of drug-likeness (QED) is 0.423. The Kier molecular flexibility index (Phi) is 6.35. The maximum absolute atomic E-state index is 12.6. The van der Waals surface area contributed by atoms with E-state index in [9.17, 15) is 14.4 Å². The number of aromatic amines is 1. The number of allylic oxidation sites excluding steroid dienone is 1. The van der Waals surface area contributed by atoms with Gasteiger partial charge in [0.1, 0.15) is 0 Å². The number of carboxylic acids is 1. The molecule has 0 radical (unpaired) electrons. The van der Waals surface area contributed by atoms with Gasteiger partial charge in [-0.25, -0.2) is 9.59 Å². The molecule has 9 nitrogen and oxygen atoms in total. The summed E-state index contributed by atoms with van der Waals surface area (Å²) in [6, 6.07) is 9.90. The van der Waals surface area contributed by atoms with Gasteiger partial charge in [-0.2, -0.15) is 5.10 Å². The van der Waals surface area contributed by atoms with Gasteiger partial charge in [-0.3, -0.25) is 4.79 Å². The van der Waals surface area contributed by atoms with Crippen molar-refractivity contribution in [2.75, 3.05) is 7.11 Å². The predicted molar refractivity (Wildman–Crippen MR) is 116 cm³/mol. The van der Waals surface area contributed by atoms with Crippen molar-refractivity contribution in [3.63, 3.8) is 0 Å². The molecule has 0 aliphatic heterocycles. The molecule has 0 fully saturated rings. The van der Waals surface area contributed by atoms with Gasteiger partial charge in [0.15, 0.2) is 17.6 Å². The molecule has 0 bridgehead atoms. The molecule has 0 saturated heterocycles. The average Bonchev–Trinajstić information content (AvgIpc) is 2.74. The van der Waals surface area contributed by atoms with Gasteiger partial charge in [0, 0.05) is 5.56 Å². The highest BCUT2D eigenvalue weighted by Crippen LogP contribution is 2.34. The molecule has 0 aliphatic carbocycles. The van der Waals surface area contributed by atoms with E-state index in [1.807, 2.05) is 0 Å². The first kappa shape index (κ1) is 21.6. The molecule has 0 aliphatic rings. The van der Waals surface area contributed by atoms with Crippen molar-refractivity contribution in [2.45, 2.75) is 19.4 Å². The number of benzene rings is 2. The second kappa shape index (κ2) is 9.12. The van der Waals surface area contributed by atoms with E-state index in [1.54, 1.807) is 42.5 Å². The summed E-state index contributed by atoms with van der Waals surface area (Å²) in [5, 5.41) is 13.5. The molecule has 9 heteroatoms. The number of H-pyrrole nitrogens is 1. The molecule has 31 heavy (non-hydrogen) atoms. The van der Waals surface area contributed by atoms with E-state index in [2.05, 4.69) is 16.7 Å². The number of methoxy groups -OCH3 is 1. The van der Waals surface area contributed by atoms with Crippen LogP contribution in [-0.2, 0) is 11.2 Å². The molecule has 2 aromatic carbocycles. The average molecular weight is 423 g/mol. The zero-order valence-electron chi connectivity index (χ0n) is 17.0. The Bertz CT molecular complexity index is 1290. The maximum atomic E-state index is 12.6. The van der Waals surface area contributed by atoms with E-state index in [4.69, 9.17) is 14.6 Å². The number of nitrogens with one attached hydrogen (secondary N) is 1. The van der Waals surface area contributed by atoms with Crippen LogP contribution in [0.5, 0.6) is 11.5 Å². The summed E-state index contributed by atoms with van der Waals surface area (Å²) in [5.74, 6) is -0.559. The van der Waals surface area contributed by atoms with Crippen LogP contribution >= 0.6 is 0 Å². The van der Waals surface area contributed by atoms with Gasteiger partial charge in [-0.15, -0.1) is 11.3 Å². The third-order valence-electron chi connectivity index (χ3n) is 4.49. The highest BCUT2D eigenvalue weighted by atomic mass is 16.5. The Morgan fingerprint density at radius 2 is 2.06 bits per heavy atom. The molecular weight excluding hydrogens is 402 g/mol. The summed E-state index contributed by atoms with van der Waals surface area (Å²) in [5.41, 5.74) is 0.331. The topological polar surface area (TPSA) is 123 Å². The van der Waals surface area contributed by atoms with Crippen LogP contribution in [0.1, 0.15) is 18.1 Å². The molecule has 1 unspecified atom stereocenters. The van der Waals surface area contributed by atoms with Crippen LogP contribution in [0.25, 0.3) is 10.9 Å². The van der Waals surface area contributed by atoms with Crippen molar-refractivity contribution in [1.82, 2.24) is 9.66 Å². The summed E-state index contributed by atoms with van der Waals surface area (Å²) in [7, 11) is 1.42. The summed E-state index contributed by atoms with van der Waals surface area (Å²) in [4.78, 5) is 38.7. The first-order valence-electron chi connectivity index (χ1n) is 9.35. The number of carboxylic acid groups (broad SMARTS) is 1. The van der Waals surface area contributed by atoms with E-state index < -0.39 is 23.3 Å². The molecule has 2 N–H and O–H groups in total. The first-order chi connectivity index (χ1) is 14.8. The minimum absolute atomic E-state index is 0.273. The molecule has 160 valence electrons. The third kappa shape index (κ3) is 4.55. The fourth-order valence-corrected chi connectivity index (χ4v) is 2.96. The number of nitrogens with zero attached hydrogens (tertiary/aromatic N) is 2. The lowest BCUT2D eigenvalue weighted by atomic mass is 10.1. The minimum atomic E-state index is -1.12. The molecular formula is C22H21N3O6. The van der Waals surface area contributed by atoms with Gasteiger partial charge >= 0.3 is 11.7 Å². The molecule has 1 heterocycles. The smallest absolute Gasteiger partial charge is 0.349 e. The second-order valence-corrected chi connectivity index (χ2v) is 6.64. The van der Waals surface area contributed by atoms with Gasteiger partial charge in [-0.1, -0.05) is 18.2 Å². The Balaban J connectivity index is 2.07. The summed E-state index contributed by atoms with van der Waals surface area (Å²) >= 11 is 0. The number of fused-ring (bicyclic) bond motifs is 1. The summed E-state index contributed by atoms with van der Waals surface area (Å²) in [6.45, 7) is 5.11. The Labute approximate surface area is 176 Å². The van der Waals surface area contributed by atoms with E-state index in [-0.39, 0.29) is 11.5 Å². The first-order valence-corrected chi connectivity index (χ1v) is 9.35. The molecule has 1 atom stereocenters. The van der Waals surface area contributed by atoms with Crippen LogP contribution in [0.2, 0.25) is 0 Å². The standard InChI is InChI=1S/C22H21N3O6/c1-4-7-15-10-14(11-18(30-3)19(15)31-13(2)21(27)28)12-23-25-20(26)16-8-5-6-9-17(16)24-22(25)29/h4-6,8-13H,1,7H2,2-3H3,(H,24,29)(H,27,28). The normalized spacial score (nSPS) is 12.1. The monoisotopic (exact) mass is 423 g/mol. The van der Waals surface area contributed by atoms with Gasteiger partial charge in [0.05, 0.1) is 24.2 Å². The summed E-state index contributed by atoms with van der Waals surface area (Å²) < 4.78 is 11.7. The van der Waals surface area contributed by atoms with E-state index >= 15 is 0 Å². The van der Waals surface area contributed by atoms with Crippen LogP contribution in [0, 0.1) is 0 Å². The van der Waals surface area contributed by atoms with Crippen molar-refractivity contribution in [1.29, 1.82) is 0 Å². The van der Waals surface area contributed by atoms with Crippen molar-refractivity contribution in [2.24, 2.45) is 5.10 Å². The number of rotatable bonds is 8. The van der Waals surface area contributed by atoms with E-state index in [1.165, 1.54) is 20.2 Å². The Morgan fingerprint density at radius 1 is 1.32 bits per heavy atom. The number of carbonyl (C=O) groups is 1. The van der Waals surface area contributed by atoms with Gasteiger partial charge in [-0.05, 0) is 43.2 Å². The van der Waals surface area contributed by atoms with Gasteiger partial charge in [0.2, 0.25) is 0 Å². The van der Waals surface area contributed by atoms with E-state index in [0.29, 0.717) is 28.5 Å². The van der Waals surface area contributed by atoms with Crippen LogP contribution in [-0.4, -0.2) is 40.2 Å². The maximum Gasteiger partial charge on any atom is 0.349 e. The number of aliphatic carboxylic acids is 1. The number of aromatic nitrogens is 2. The zero-order chi connectivity index (χ0) is 22.5. The molecule has 3 aromatic rings. The lowest BCUT2D eigenvalue weighted by Crippen LogP contribution is -2.32. The number of para-hydroxylation sites is 1. The lowest BCUT2D eigenvalue weighted by Gasteiger charge is -2.18. The zero-order valence-corrected chi connectivity index (χ0v) is 17.0. The van der Waals surface area contributed by atoms with Crippen molar-refractivity contribution in [3.8, 4) is 11.5 Å². The van der Waals surface area contributed by atoms with Gasteiger partial charge in [0.25, 0.3) is 5.56 Å². The summed E-state index contributed by atoms with van der Waals surface area (Å²) in [6.07, 6.45) is 2.25. The lowest BCUT2D eigenvalue weighted by molar-refractivity contribution is -0.144. The molecule has 3 rings (SSSR count). The molecule has 1 aromatic heterocycles. The molecule has 0 spiro atoms. The number of hydrogen-bond donors (Lipinski definition) is 2. The number of hydrogen-bond acceptors (Lipinski definition) is 6. The SMILES string of the molecule is C=CCc1cc(C=Nn2c(=O)[nH]c3ccccc3c2=O)cc(OC)c1OC(C)C(=O)O. The Morgan fingerprint density at radius 3 is 2.74 bits per heavy atom. The second-order valence-electron chi connectivity index (χ2n) is 6.64. The highest BCUT2D eigenvalue weighted by molar-refractivity contribution is 5.82. The fourth-order valence-electron chi connectivity index (χ4n) is 2.96. The molecule has 0 amide bonds. The largest absolute Gasteiger partial charge is 0.493 e. The van der Waals surface area contributed by atoms with Crippen LogP contribution < -0.4 is 20.7 Å². The number of ether oxygens (including phenoxy) is 2. The van der Waals surface area contributed by atoms with Crippen molar-refractivity contribution >= 4 is 23.1 Å².